The Labute approximate surface area is 331 Å². The molecule has 0 unspecified atom stereocenters. The molecule has 4 heterocycles. The lowest BCUT2D eigenvalue weighted by Crippen LogP contribution is -1.99. The average Bonchev–Trinajstić information content (AvgIpc) is 3.84. The maximum absolute atomic E-state index is 4.77. The highest BCUT2D eigenvalue weighted by Crippen LogP contribution is 2.52. The van der Waals surface area contributed by atoms with Crippen molar-refractivity contribution in [3.8, 4) is 77.9 Å². The van der Waals surface area contributed by atoms with Crippen molar-refractivity contribution < 1.29 is 0 Å². The quantitative estimate of drug-likeness (QED) is 0.180. The predicted octanol–water partition coefficient (Wildman–Crippen LogP) is 15.2. The number of pyridine rings is 2. The molecule has 2 nitrogen and oxygen atoms in total. The molecule has 4 heteroatoms. The Bertz CT molecular complexity index is 3250. The van der Waals surface area contributed by atoms with Crippen molar-refractivity contribution in [2.45, 2.75) is 0 Å². The van der Waals surface area contributed by atoms with E-state index in [1.807, 2.05) is 24.5 Å². The third kappa shape index (κ3) is 4.73. The second-order valence-corrected chi connectivity index (χ2v) is 16.4. The van der Waals surface area contributed by atoms with Crippen LogP contribution in [0.3, 0.4) is 0 Å². The summed E-state index contributed by atoms with van der Waals surface area (Å²) in [4.78, 5) is 11.7. The molecule has 4 aromatic heterocycles. The molecule has 1 aliphatic carbocycles. The Morgan fingerprint density at radius 2 is 0.643 bits per heavy atom. The molecule has 7 aromatic carbocycles. The van der Waals surface area contributed by atoms with Gasteiger partial charge in [-0.2, -0.15) is 0 Å². The van der Waals surface area contributed by atoms with Gasteiger partial charge in [0.25, 0.3) is 0 Å². The Hall–Kier alpha value is -6.72. The second kappa shape index (κ2) is 12.4. The number of thiophene rings is 2. The van der Waals surface area contributed by atoms with E-state index in [1.165, 1.54) is 109 Å². The van der Waals surface area contributed by atoms with Gasteiger partial charge in [-0.3, -0.25) is 0 Å². The van der Waals surface area contributed by atoms with Gasteiger partial charge in [0.05, 0.1) is 0 Å². The lowest BCUT2D eigenvalue weighted by molar-refractivity contribution is 1.45. The average molecular weight is 747 g/mol. The van der Waals surface area contributed by atoms with E-state index >= 15 is 0 Å². The summed E-state index contributed by atoms with van der Waals surface area (Å²) in [5.74, 6) is 0. The molecule has 1 aliphatic rings. The van der Waals surface area contributed by atoms with Crippen LogP contribution in [0, 0.1) is 0 Å². The molecule has 260 valence electrons. The molecule has 0 radical (unpaired) electrons. The van der Waals surface area contributed by atoms with Crippen molar-refractivity contribution in [3.63, 3.8) is 0 Å². The highest BCUT2D eigenvalue weighted by atomic mass is 32.1. The van der Waals surface area contributed by atoms with Gasteiger partial charge in [0.2, 0.25) is 0 Å². The molecule has 0 amide bonds. The Balaban J connectivity index is 1.19. The summed E-state index contributed by atoms with van der Waals surface area (Å²) < 4.78 is 2.51. The third-order valence-corrected chi connectivity index (χ3v) is 13.7. The van der Waals surface area contributed by atoms with E-state index in [9.17, 15) is 0 Å². The molecular weight excluding hydrogens is 717 g/mol. The van der Waals surface area contributed by atoms with Crippen LogP contribution >= 0.6 is 22.7 Å². The van der Waals surface area contributed by atoms with Crippen molar-refractivity contribution in [3.05, 3.63) is 182 Å². The van der Waals surface area contributed by atoms with Crippen molar-refractivity contribution in [2.24, 2.45) is 0 Å². The zero-order chi connectivity index (χ0) is 36.7. The van der Waals surface area contributed by atoms with Crippen LogP contribution in [0.2, 0.25) is 0 Å². The highest BCUT2D eigenvalue weighted by molar-refractivity contribution is 7.26. The minimum atomic E-state index is 1.06. The van der Waals surface area contributed by atoms with Crippen LogP contribution in [-0.2, 0) is 0 Å². The van der Waals surface area contributed by atoms with Gasteiger partial charge in [-0.1, -0.05) is 127 Å². The predicted molar refractivity (Wildman–Crippen MR) is 239 cm³/mol. The first-order valence-electron chi connectivity index (χ1n) is 18.9. The second-order valence-electron chi connectivity index (χ2n) is 14.4. The normalized spacial score (nSPS) is 11.9. The lowest BCUT2D eigenvalue weighted by Gasteiger charge is -2.25. The molecule has 0 N–H and O–H groups in total. The maximum Gasteiger partial charge on any atom is 0.124 e. The Morgan fingerprint density at radius 3 is 1.16 bits per heavy atom. The van der Waals surface area contributed by atoms with Gasteiger partial charge < -0.3 is 0 Å². The van der Waals surface area contributed by atoms with Gasteiger partial charge >= 0.3 is 0 Å². The number of aromatic nitrogens is 2. The number of hydrogen-bond donors (Lipinski definition) is 0. The minimum Gasteiger partial charge on any atom is -0.245 e. The zero-order valence-electron chi connectivity index (χ0n) is 30.0. The van der Waals surface area contributed by atoms with Crippen LogP contribution in [-0.4, -0.2) is 9.97 Å². The zero-order valence-corrected chi connectivity index (χ0v) is 31.7. The summed E-state index contributed by atoms with van der Waals surface area (Å²) in [5.41, 5.74) is 17.2. The van der Waals surface area contributed by atoms with E-state index in [-0.39, 0.29) is 0 Å². The summed E-state index contributed by atoms with van der Waals surface area (Å²) in [5, 5.41) is 4.89. The molecule has 12 rings (SSSR count). The first-order chi connectivity index (χ1) is 27.8. The number of benzene rings is 7. The SMILES string of the molecule is c1ccc2c(c1)-c1ccccc1-c1cccc(-c3cc(-c4cccc5c4sc4ncccc45)cc(-c4cccc5c4sc4ncccc45)c3)c1-c1ccccc1-2. The van der Waals surface area contributed by atoms with E-state index in [0.29, 0.717) is 0 Å². The largest absolute Gasteiger partial charge is 0.245 e. The fourth-order valence-electron chi connectivity index (χ4n) is 8.96. The first-order valence-corrected chi connectivity index (χ1v) is 20.5. The lowest BCUT2D eigenvalue weighted by atomic mass is 9.78. The molecule has 0 fully saturated rings. The minimum absolute atomic E-state index is 1.06. The number of rotatable bonds is 3. The fourth-order valence-corrected chi connectivity index (χ4v) is 11.3. The van der Waals surface area contributed by atoms with E-state index in [1.54, 1.807) is 22.7 Å². The van der Waals surface area contributed by atoms with Crippen molar-refractivity contribution >= 4 is 63.3 Å². The van der Waals surface area contributed by atoms with Crippen LogP contribution in [0.25, 0.3) is 118 Å². The number of hydrogen-bond acceptors (Lipinski definition) is 4. The molecule has 11 aromatic rings. The van der Waals surface area contributed by atoms with Crippen LogP contribution in [0.5, 0.6) is 0 Å². The summed E-state index contributed by atoms with van der Waals surface area (Å²) >= 11 is 3.56. The van der Waals surface area contributed by atoms with Crippen molar-refractivity contribution in [1.82, 2.24) is 9.97 Å². The Morgan fingerprint density at radius 1 is 0.286 bits per heavy atom. The molecule has 0 spiro atoms. The summed E-state index contributed by atoms with van der Waals surface area (Å²) in [7, 11) is 0. The van der Waals surface area contributed by atoms with Gasteiger partial charge in [0.15, 0.2) is 0 Å². The highest BCUT2D eigenvalue weighted by Gasteiger charge is 2.25. The van der Waals surface area contributed by atoms with Gasteiger partial charge in [-0.05, 0) is 120 Å². The smallest absolute Gasteiger partial charge is 0.124 e. The van der Waals surface area contributed by atoms with Gasteiger partial charge in [-0.15, -0.1) is 22.7 Å². The molecule has 0 aliphatic heterocycles. The van der Waals surface area contributed by atoms with Crippen LogP contribution < -0.4 is 0 Å². The summed E-state index contributed by atoms with van der Waals surface area (Å²) in [6, 6.07) is 62.7. The number of fused-ring (bicyclic) bond motifs is 14. The van der Waals surface area contributed by atoms with E-state index < -0.39 is 0 Å². The van der Waals surface area contributed by atoms with Crippen LogP contribution in [0.4, 0.5) is 0 Å². The van der Waals surface area contributed by atoms with Crippen LogP contribution in [0.1, 0.15) is 0 Å². The van der Waals surface area contributed by atoms with Gasteiger partial charge in [-0.25, -0.2) is 9.97 Å². The molecule has 0 atom stereocenters. The van der Waals surface area contributed by atoms with Crippen molar-refractivity contribution in [2.75, 3.05) is 0 Å². The monoisotopic (exact) mass is 746 g/mol. The summed E-state index contributed by atoms with van der Waals surface area (Å²) in [6.07, 6.45) is 3.79. The molecule has 0 bridgehead atoms. The van der Waals surface area contributed by atoms with Crippen LogP contribution in [0.15, 0.2) is 182 Å². The number of nitrogens with zero attached hydrogens (tertiary/aromatic N) is 2. The maximum atomic E-state index is 4.77. The topological polar surface area (TPSA) is 25.8 Å². The molecule has 56 heavy (non-hydrogen) atoms. The van der Waals surface area contributed by atoms with Gasteiger partial charge in [0.1, 0.15) is 9.66 Å². The third-order valence-electron chi connectivity index (χ3n) is 11.4. The Kier molecular flexibility index (Phi) is 7.00. The standard InChI is InChI=1S/C52H30N2S2/c1-2-13-38-37(12-1)39-14-3-4-15-41(39)43-21-7-18-34(48(43)42-17-6-5-16-40(38)42)31-28-32(35-19-8-22-44-46-24-10-26-53-51(46)55-49(35)44)30-33(29-31)36-20-9-23-45-47-25-11-27-54-52(47)56-50(36)45/h1-30H. The molecule has 0 saturated heterocycles. The van der Waals surface area contributed by atoms with E-state index in [0.717, 1.165) is 9.66 Å². The molecular formula is C52H30N2S2. The summed E-state index contributed by atoms with van der Waals surface area (Å²) in [6.45, 7) is 0. The van der Waals surface area contributed by atoms with Gasteiger partial charge in [0, 0.05) is 43.3 Å². The fraction of sp³-hybridized carbons (Fsp3) is 0. The van der Waals surface area contributed by atoms with E-state index in [2.05, 4.69) is 158 Å². The first kappa shape index (κ1) is 31.6. The van der Waals surface area contributed by atoms with Crippen molar-refractivity contribution in [1.29, 1.82) is 0 Å². The molecule has 0 saturated carbocycles. The van der Waals surface area contributed by atoms with E-state index in [4.69, 9.17) is 9.97 Å².